The molecule has 1 saturated carbocycles. The Hall–Kier alpha value is -1.82. The van der Waals surface area contributed by atoms with Crippen LogP contribution in [0.5, 0.6) is 0 Å². The third-order valence-electron chi connectivity index (χ3n) is 6.64. The van der Waals surface area contributed by atoms with E-state index in [1.807, 2.05) is 0 Å². The first-order chi connectivity index (χ1) is 19.0. The molecule has 216 valence electrons. The number of nitrogens with one attached hydrogen (secondary N) is 2. The molecule has 3 unspecified atom stereocenters. The molecule has 1 aliphatic carbocycles. The molecule has 2 fully saturated rings. The van der Waals surface area contributed by atoms with E-state index < -0.39 is 34.1 Å². The van der Waals surface area contributed by atoms with Gasteiger partial charge in [-0.3, -0.25) is 24.7 Å². The maximum absolute atomic E-state index is 13.1. The molecule has 2 amide bonds. The van der Waals surface area contributed by atoms with Crippen LogP contribution >= 0.6 is 58.0 Å². The number of alkyl halides is 2. The van der Waals surface area contributed by atoms with Crippen molar-refractivity contribution in [3.8, 4) is 0 Å². The van der Waals surface area contributed by atoms with Gasteiger partial charge >= 0.3 is 0 Å². The molecule has 2 aromatic rings. The van der Waals surface area contributed by atoms with E-state index >= 15 is 0 Å². The number of ether oxygens (including phenoxy) is 2. The average molecular weight is 653 g/mol. The summed E-state index contributed by atoms with van der Waals surface area (Å²) in [7, 11) is 1.65. The van der Waals surface area contributed by atoms with Gasteiger partial charge < -0.3 is 14.8 Å². The minimum absolute atomic E-state index is 0.129. The van der Waals surface area contributed by atoms with Gasteiger partial charge in [-0.05, 0) is 42.0 Å². The van der Waals surface area contributed by atoms with Gasteiger partial charge in [0.15, 0.2) is 0 Å². The summed E-state index contributed by atoms with van der Waals surface area (Å²) in [6.07, 6.45) is -0.478. The summed E-state index contributed by atoms with van der Waals surface area (Å²) in [6, 6.07) is 9.42. The number of morpholine rings is 1. The Bertz CT molecular complexity index is 1240. The van der Waals surface area contributed by atoms with E-state index in [0.29, 0.717) is 47.5 Å². The number of anilines is 1. The minimum Gasteiger partial charge on any atom is -0.462 e. The Morgan fingerprint density at radius 3 is 2.48 bits per heavy atom. The molecular weight excluding hydrogens is 626 g/mol. The SMILES string of the molecule is CN(CC(CN1CCOCC1)OC=O)NC(=O)c1cc(NC(=O)C2C(c3cc(Cl)cc(Cl)c3)C2(Cl)Cl)ccc1Cl. The number of nitrogens with zero attached hydrogens (tertiary/aromatic N) is 2. The fourth-order valence-electron chi connectivity index (χ4n) is 4.70. The van der Waals surface area contributed by atoms with E-state index in [2.05, 4.69) is 15.6 Å². The van der Waals surface area contributed by atoms with Crippen molar-refractivity contribution in [2.75, 3.05) is 51.8 Å². The van der Waals surface area contributed by atoms with Gasteiger partial charge in [0.05, 0.1) is 36.3 Å². The van der Waals surface area contributed by atoms with Crippen molar-refractivity contribution in [1.82, 2.24) is 15.3 Å². The van der Waals surface area contributed by atoms with Crippen LogP contribution in [0.1, 0.15) is 21.8 Å². The van der Waals surface area contributed by atoms with Gasteiger partial charge in [-0.2, -0.15) is 0 Å². The quantitative estimate of drug-likeness (QED) is 0.208. The molecule has 0 radical (unpaired) electrons. The van der Waals surface area contributed by atoms with E-state index in [0.717, 1.165) is 13.1 Å². The number of hydrogen-bond donors (Lipinski definition) is 2. The van der Waals surface area contributed by atoms with E-state index in [9.17, 15) is 14.4 Å². The van der Waals surface area contributed by atoms with Crippen LogP contribution in [0.15, 0.2) is 36.4 Å². The molecule has 4 rings (SSSR count). The average Bonchev–Trinajstić information content (AvgIpc) is 3.47. The molecule has 1 saturated heterocycles. The predicted molar refractivity (Wildman–Crippen MR) is 156 cm³/mol. The number of hydrazine groups is 1. The summed E-state index contributed by atoms with van der Waals surface area (Å²) < 4.78 is 9.22. The van der Waals surface area contributed by atoms with Gasteiger partial charge in [-0.25, -0.2) is 5.01 Å². The Balaban J connectivity index is 1.38. The van der Waals surface area contributed by atoms with Crippen molar-refractivity contribution in [2.24, 2.45) is 5.92 Å². The molecule has 40 heavy (non-hydrogen) atoms. The molecular formula is C26H27Cl5N4O5. The molecule has 2 aromatic carbocycles. The van der Waals surface area contributed by atoms with Gasteiger partial charge in [0, 0.05) is 48.3 Å². The first kappa shape index (κ1) is 31.1. The monoisotopic (exact) mass is 650 g/mol. The van der Waals surface area contributed by atoms with E-state index in [1.54, 1.807) is 31.3 Å². The zero-order chi connectivity index (χ0) is 29.0. The minimum atomic E-state index is -1.35. The highest BCUT2D eigenvalue weighted by Crippen LogP contribution is 2.65. The van der Waals surface area contributed by atoms with Crippen molar-refractivity contribution in [3.05, 3.63) is 62.6 Å². The van der Waals surface area contributed by atoms with Gasteiger partial charge in [-0.15, -0.1) is 23.2 Å². The number of likely N-dealkylation sites (N-methyl/N-ethyl adjacent to an activating group) is 1. The normalized spacial score (nSPS) is 21.0. The van der Waals surface area contributed by atoms with Crippen LogP contribution in [0.4, 0.5) is 5.69 Å². The maximum atomic E-state index is 13.1. The van der Waals surface area contributed by atoms with Gasteiger partial charge in [-0.1, -0.05) is 34.8 Å². The molecule has 14 heteroatoms. The largest absolute Gasteiger partial charge is 0.462 e. The third-order valence-corrected chi connectivity index (χ3v) is 8.35. The Morgan fingerprint density at radius 2 is 1.82 bits per heavy atom. The van der Waals surface area contributed by atoms with Crippen molar-refractivity contribution < 1.29 is 23.9 Å². The van der Waals surface area contributed by atoms with Crippen LogP contribution in [0.25, 0.3) is 0 Å². The fourth-order valence-corrected chi connectivity index (χ4v) is 6.27. The van der Waals surface area contributed by atoms with Crippen LogP contribution in [-0.2, 0) is 19.1 Å². The third kappa shape index (κ3) is 7.72. The highest BCUT2D eigenvalue weighted by atomic mass is 35.5. The topological polar surface area (TPSA) is 100 Å². The van der Waals surface area contributed by atoms with E-state index in [4.69, 9.17) is 67.5 Å². The summed E-state index contributed by atoms with van der Waals surface area (Å²) in [5.41, 5.74) is 3.83. The lowest BCUT2D eigenvalue weighted by atomic mass is 10.1. The Kier molecular flexibility index (Phi) is 10.5. The predicted octanol–water partition coefficient (Wildman–Crippen LogP) is 4.62. The fraction of sp³-hybridized carbons (Fsp3) is 0.423. The van der Waals surface area contributed by atoms with E-state index in [-0.39, 0.29) is 17.1 Å². The second kappa shape index (κ2) is 13.4. The molecule has 0 aromatic heterocycles. The molecule has 2 aliphatic rings. The zero-order valence-electron chi connectivity index (χ0n) is 21.3. The maximum Gasteiger partial charge on any atom is 0.293 e. The number of carbonyl (C=O) groups is 3. The zero-order valence-corrected chi connectivity index (χ0v) is 25.1. The van der Waals surface area contributed by atoms with Gasteiger partial charge in [0.2, 0.25) is 5.91 Å². The molecule has 1 heterocycles. The Labute approximate surface area is 256 Å². The number of carbonyl (C=O) groups excluding carboxylic acids is 3. The first-order valence-electron chi connectivity index (χ1n) is 12.3. The molecule has 0 spiro atoms. The second-order valence-corrected chi connectivity index (χ2v) is 12.3. The molecule has 0 bridgehead atoms. The van der Waals surface area contributed by atoms with Crippen LogP contribution in [0.2, 0.25) is 15.1 Å². The summed E-state index contributed by atoms with van der Waals surface area (Å²) in [5.74, 6) is -2.24. The Morgan fingerprint density at radius 1 is 1.15 bits per heavy atom. The summed E-state index contributed by atoms with van der Waals surface area (Å²) in [6.45, 7) is 3.80. The lowest BCUT2D eigenvalue weighted by molar-refractivity contribution is -0.136. The van der Waals surface area contributed by atoms with Crippen LogP contribution in [0.3, 0.4) is 0 Å². The van der Waals surface area contributed by atoms with Crippen LogP contribution in [-0.4, -0.2) is 85.1 Å². The number of hydrogen-bond acceptors (Lipinski definition) is 7. The van der Waals surface area contributed by atoms with Gasteiger partial charge in [0.25, 0.3) is 12.4 Å². The highest BCUT2D eigenvalue weighted by Gasteiger charge is 2.67. The second-order valence-electron chi connectivity index (χ2n) is 9.61. The van der Waals surface area contributed by atoms with Gasteiger partial charge in [0.1, 0.15) is 10.4 Å². The standard InChI is InChI=1S/C26H27Cl5N4O5/c1-34(12-19(40-14-36)13-35-4-6-39-7-5-35)33-24(37)20-11-18(2-3-21(20)29)32-25(38)23-22(26(23,30)31)15-8-16(27)10-17(28)9-15/h2-3,8-11,14,19,22-23H,4-7,12-13H2,1H3,(H,32,38)(H,33,37). The highest BCUT2D eigenvalue weighted by molar-refractivity contribution is 6.53. The van der Waals surface area contributed by atoms with Crippen molar-refractivity contribution in [3.63, 3.8) is 0 Å². The summed E-state index contributed by atoms with van der Waals surface area (Å²) in [5, 5.41) is 5.26. The number of halogens is 5. The van der Waals surface area contributed by atoms with Crippen LogP contribution < -0.4 is 10.7 Å². The molecule has 3 atom stereocenters. The summed E-state index contributed by atoms with van der Waals surface area (Å²) in [4.78, 5) is 39.3. The lowest BCUT2D eigenvalue weighted by Crippen LogP contribution is -2.49. The molecule has 9 nitrogen and oxygen atoms in total. The molecule has 2 N–H and O–H groups in total. The lowest BCUT2D eigenvalue weighted by Gasteiger charge is -2.31. The smallest absolute Gasteiger partial charge is 0.293 e. The van der Waals surface area contributed by atoms with Crippen LogP contribution in [0, 0.1) is 5.92 Å². The van der Waals surface area contributed by atoms with E-state index in [1.165, 1.54) is 17.1 Å². The number of rotatable bonds is 11. The summed E-state index contributed by atoms with van der Waals surface area (Å²) >= 11 is 31.4. The van der Waals surface area contributed by atoms with Crippen molar-refractivity contribution in [2.45, 2.75) is 16.4 Å². The molecule has 1 aliphatic heterocycles. The number of amides is 2. The van der Waals surface area contributed by atoms with Crippen molar-refractivity contribution in [1.29, 1.82) is 0 Å². The number of benzene rings is 2. The van der Waals surface area contributed by atoms with Crippen molar-refractivity contribution >= 4 is 82.0 Å². The first-order valence-corrected chi connectivity index (χ1v) is 14.2.